The number of rotatable bonds is 5. The Morgan fingerprint density at radius 1 is 0.958 bits per heavy atom. The van der Waals surface area contributed by atoms with Crippen molar-refractivity contribution < 1.29 is 8.78 Å². The van der Waals surface area contributed by atoms with Crippen molar-refractivity contribution in [2.75, 3.05) is 19.6 Å². The second-order valence-corrected chi connectivity index (χ2v) is 7.33. The number of hydrogen-bond acceptors (Lipinski definition) is 2. The molecule has 0 aromatic heterocycles. The topological polar surface area (TPSA) is 3.24 Å². The molecule has 0 bridgehead atoms. The summed E-state index contributed by atoms with van der Waals surface area (Å²) in [5.74, 6) is -0.286. The maximum atomic E-state index is 13.6. The van der Waals surface area contributed by atoms with Crippen molar-refractivity contribution in [2.24, 2.45) is 0 Å². The Hall–Kier alpha value is -1.10. The largest absolute Gasteiger partial charge is 0.303 e. The molecular weight excluding hydrogens is 348 g/mol. The van der Waals surface area contributed by atoms with Gasteiger partial charge in [-0.15, -0.1) is 24.2 Å². The Balaban J connectivity index is 0.00000208. The van der Waals surface area contributed by atoms with Gasteiger partial charge >= 0.3 is 0 Å². The Morgan fingerprint density at radius 3 is 2.29 bits per heavy atom. The third kappa shape index (κ3) is 5.47. The minimum absolute atomic E-state index is 0. The molecule has 130 valence electrons. The van der Waals surface area contributed by atoms with Crippen LogP contribution in [-0.2, 0) is 6.42 Å². The second-order valence-electron chi connectivity index (χ2n) is 5.95. The first kappa shape index (κ1) is 19.2. The van der Waals surface area contributed by atoms with E-state index in [1.165, 1.54) is 18.2 Å². The van der Waals surface area contributed by atoms with Crippen LogP contribution in [0.2, 0.25) is 0 Å². The third-order valence-corrected chi connectivity index (χ3v) is 5.66. The van der Waals surface area contributed by atoms with E-state index in [9.17, 15) is 8.78 Å². The summed E-state index contributed by atoms with van der Waals surface area (Å²) < 4.78 is 26.6. The molecule has 1 fully saturated rings. The number of halogens is 3. The lowest BCUT2D eigenvalue weighted by Crippen LogP contribution is -2.36. The van der Waals surface area contributed by atoms with Gasteiger partial charge in [-0.1, -0.05) is 18.2 Å². The van der Waals surface area contributed by atoms with Gasteiger partial charge in [0.2, 0.25) is 0 Å². The quantitative estimate of drug-likeness (QED) is 0.713. The average molecular weight is 370 g/mol. The molecule has 5 heteroatoms. The van der Waals surface area contributed by atoms with Crippen LogP contribution in [-0.4, -0.2) is 29.8 Å². The van der Waals surface area contributed by atoms with Crippen molar-refractivity contribution in [1.29, 1.82) is 0 Å². The van der Waals surface area contributed by atoms with E-state index in [2.05, 4.69) is 4.90 Å². The van der Waals surface area contributed by atoms with E-state index in [0.29, 0.717) is 5.25 Å². The van der Waals surface area contributed by atoms with Crippen molar-refractivity contribution in [3.8, 4) is 0 Å². The first-order valence-corrected chi connectivity index (χ1v) is 8.96. The van der Waals surface area contributed by atoms with Gasteiger partial charge in [0.05, 0.1) is 0 Å². The summed E-state index contributed by atoms with van der Waals surface area (Å²) in [5, 5.41) is 0.588. The fraction of sp³-hybridized carbons (Fsp3) is 0.368. The monoisotopic (exact) mass is 369 g/mol. The van der Waals surface area contributed by atoms with E-state index < -0.39 is 0 Å². The summed E-state index contributed by atoms with van der Waals surface area (Å²) in [4.78, 5) is 3.55. The van der Waals surface area contributed by atoms with Crippen LogP contribution in [0.3, 0.4) is 0 Å². The van der Waals surface area contributed by atoms with E-state index >= 15 is 0 Å². The molecule has 1 aliphatic rings. The van der Waals surface area contributed by atoms with E-state index in [4.69, 9.17) is 0 Å². The highest BCUT2D eigenvalue weighted by molar-refractivity contribution is 8.00. The minimum Gasteiger partial charge on any atom is -0.303 e. The van der Waals surface area contributed by atoms with Crippen LogP contribution in [0.25, 0.3) is 0 Å². The molecule has 3 rings (SSSR count). The smallest absolute Gasteiger partial charge is 0.126 e. The zero-order valence-electron chi connectivity index (χ0n) is 13.5. The summed E-state index contributed by atoms with van der Waals surface area (Å²) >= 11 is 1.84. The number of likely N-dealkylation sites (tertiary alicyclic amines) is 1. The number of piperidine rings is 1. The molecule has 0 radical (unpaired) electrons. The lowest BCUT2D eigenvalue weighted by atomic mass is 10.1. The lowest BCUT2D eigenvalue weighted by molar-refractivity contribution is 0.235. The van der Waals surface area contributed by atoms with Gasteiger partial charge in [-0.05, 0) is 68.2 Å². The Bertz CT molecular complexity index is 628. The molecule has 1 heterocycles. The van der Waals surface area contributed by atoms with Gasteiger partial charge in [-0.25, -0.2) is 8.78 Å². The lowest BCUT2D eigenvalue weighted by Gasteiger charge is -2.31. The number of benzene rings is 2. The van der Waals surface area contributed by atoms with Crippen LogP contribution >= 0.6 is 24.2 Å². The summed E-state index contributed by atoms with van der Waals surface area (Å²) in [6, 6.07) is 13.8. The molecule has 0 unspecified atom stereocenters. The van der Waals surface area contributed by atoms with Gasteiger partial charge in [0.15, 0.2) is 0 Å². The van der Waals surface area contributed by atoms with E-state index in [1.54, 1.807) is 6.07 Å². The number of thioether (sulfide) groups is 1. The van der Waals surface area contributed by atoms with Crippen LogP contribution in [0.4, 0.5) is 8.78 Å². The molecule has 0 saturated carbocycles. The predicted octanol–water partition coefficient (Wildman–Crippen LogP) is 5.19. The van der Waals surface area contributed by atoms with Crippen molar-refractivity contribution in [3.05, 3.63) is 65.7 Å². The fourth-order valence-corrected chi connectivity index (χ4v) is 4.06. The Labute approximate surface area is 152 Å². The number of hydrogen-bond donors (Lipinski definition) is 0. The molecule has 2 aromatic carbocycles. The summed E-state index contributed by atoms with van der Waals surface area (Å²) in [7, 11) is 0. The van der Waals surface area contributed by atoms with Crippen molar-refractivity contribution in [2.45, 2.75) is 29.4 Å². The van der Waals surface area contributed by atoms with E-state index in [0.717, 1.165) is 49.4 Å². The molecular formula is C19H22ClF2NS. The molecule has 0 aliphatic carbocycles. The van der Waals surface area contributed by atoms with Crippen LogP contribution in [0, 0.1) is 11.6 Å². The molecule has 1 nitrogen and oxygen atoms in total. The van der Waals surface area contributed by atoms with Gasteiger partial charge in [0.1, 0.15) is 11.6 Å². The maximum absolute atomic E-state index is 13.6. The van der Waals surface area contributed by atoms with Gasteiger partial charge in [0.25, 0.3) is 0 Å². The van der Waals surface area contributed by atoms with E-state index in [-0.39, 0.29) is 24.0 Å². The second kappa shape index (κ2) is 9.40. The highest BCUT2D eigenvalue weighted by Gasteiger charge is 2.20. The number of nitrogens with zero attached hydrogens (tertiary/aromatic N) is 1. The molecule has 1 saturated heterocycles. The first-order valence-electron chi connectivity index (χ1n) is 8.09. The third-order valence-electron chi connectivity index (χ3n) is 4.31. The standard InChI is InChI=1S/C19H21F2NS.ClH/c20-16-5-7-17(8-6-16)23-18-10-13-22(14-11-18)12-9-15-3-1-2-4-19(15)21;/h1-8,18H,9-14H2;1H. The van der Waals surface area contributed by atoms with Gasteiger partial charge in [0, 0.05) is 16.7 Å². The molecule has 0 N–H and O–H groups in total. The molecule has 0 spiro atoms. The molecule has 24 heavy (non-hydrogen) atoms. The normalized spacial score (nSPS) is 15.9. The van der Waals surface area contributed by atoms with Gasteiger partial charge < -0.3 is 4.90 Å². The predicted molar refractivity (Wildman–Crippen MR) is 99.1 cm³/mol. The average Bonchev–Trinajstić information content (AvgIpc) is 2.58. The molecule has 1 aliphatic heterocycles. The summed E-state index contributed by atoms with van der Waals surface area (Å²) in [6.07, 6.45) is 3.01. The van der Waals surface area contributed by atoms with Crippen LogP contribution in [0.15, 0.2) is 53.4 Å². The van der Waals surface area contributed by atoms with Crippen LogP contribution in [0.1, 0.15) is 18.4 Å². The van der Waals surface area contributed by atoms with Gasteiger partial charge in [-0.3, -0.25) is 0 Å². The summed E-state index contributed by atoms with van der Waals surface area (Å²) in [6.45, 7) is 3.01. The molecule has 0 amide bonds. The SMILES string of the molecule is Cl.Fc1ccc(SC2CCN(CCc3ccccc3F)CC2)cc1. The van der Waals surface area contributed by atoms with Crippen LogP contribution in [0.5, 0.6) is 0 Å². The van der Waals surface area contributed by atoms with Gasteiger partial charge in [-0.2, -0.15) is 0 Å². The molecule has 2 aromatic rings. The Kier molecular flexibility index (Phi) is 7.53. The van der Waals surface area contributed by atoms with Crippen molar-refractivity contribution in [1.82, 2.24) is 4.90 Å². The summed E-state index contributed by atoms with van der Waals surface area (Å²) in [5.41, 5.74) is 0.801. The minimum atomic E-state index is -0.183. The highest BCUT2D eigenvalue weighted by atomic mass is 35.5. The Morgan fingerprint density at radius 2 is 1.62 bits per heavy atom. The van der Waals surface area contributed by atoms with Crippen LogP contribution < -0.4 is 0 Å². The zero-order valence-corrected chi connectivity index (χ0v) is 15.1. The first-order chi connectivity index (χ1) is 11.2. The maximum Gasteiger partial charge on any atom is 0.126 e. The fourth-order valence-electron chi connectivity index (χ4n) is 2.94. The molecule has 0 atom stereocenters. The zero-order chi connectivity index (χ0) is 16.1. The van der Waals surface area contributed by atoms with Crippen molar-refractivity contribution in [3.63, 3.8) is 0 Å². The highest BCUT2D eigenvalue weighted by Crippen LogP contribution is 2.30. The van der Waals surface area contributed by atoms with E-state index in [1.807, 2.05) is 36.0 Å². The van der Waals surface area contributed by atoms with Crippen molar-refractivity contribution >= 4 is 24.2 Å².